The zero-order valence-electron chi connectivity index (χ0n) is 10.6. The van der Waals surface area contributed by atoms with Crippen molar-refractivity contribution in [3.63, 3.8) is 0 Å². The smallest absolute Gasteiger partial charge is 0.145 e. The lowest BCUT2D eigenvalue weighted by molar-refractivity contribution is -0.106. The predicted molar refractivity (Wildman–Crippen MR) is 70.8 cm³/mol. The van der Waals surface area contributed by atoms with Crippen LogP contribution < -0.4 is 5.73 Å². The Balaban J connectivity index is 2.42. The molecular formula is C13H16BrF2NO2. The van der Waals surface area contributed by atoms with E-state index in [4.69, 9.17) is 15.2 Å². The van der Waals surface area contributed by atoms with E-state index in [2.05, 4.69) is 15.9 Å². The van der Waals surface area contributed by atoms with Crippen molar-refractivity contribution in [1.82, 2.24) is 0 Å². The van der Waals surface area contributed by atoms with Gasteiger partial charge in [0, 0.05) is 38.7 Å². The van der Waals surface area contributed by atoms with Crippen LogP contribution in [0.25, 0.3) is 0 Å². The molecule has 0 aliphatic carbocycles. The van der Waals surface area contributed by atoms with Crippen molar-refractivity contribution >= 4 is 15.9 Å². The van der Waals surface area contributed by atoms with Crippen LogP contribution in [0.5, 0.6) is 0 Å². The zero-order valence-corrected chi connectivity index (χ0v) is 12.2. The molecule has 1 heterocycles. The zero-order chi connectivity index (χ0) is 14.0. The van der Waals surface area contributed by atoms with E-state index in [9.17, 15) is 8.78 Å². The molecule has 2 N–H and O–H groups in total. The molecule has 2 rings (SSSR count). The molecule has 1 unspecified atom stereocenters. The van der Waals surface area contributed by atoms with Crippen molar-refractivity contribution in [3.8, 4) is 0 Å². The summed E-state index contributed by atoms with van der Waals surface area (Å²) in [5, 5.41) is 0. The standard InChI is InChI=1S/C13H16BrF2NO2/c1-18-13(4-6-19-7-5-13)12(17)10-9(15)3-2-8(14)11(10)16/h2-3,12H,4-7,17H2,1H3. The molecule has 19 heavy (non-hydrogen) atoms. The third kappa shape index (κ3) is 2.67. The number of ether oxygens (including phenoxy) is 2. The van der Waals surface area contributed by atoms with Gasteiger partial charge in [-0.05, 0) is 28.1 Å². The average molecular weight is 336 g/mol. The quantitative estimate of drug-likeness (QED) is 0.864. The van der Waals surface area contributed by atoms with E-state index in [1.54, 1.807) is 0 Å². The Kier molecular flexibility index (Phi) is 4.55. The lowest BCUT2D eigenvalue weighted by atomic mass is 9.82. The molecule has 0 bridgehead atoms. The van der Waals surface area contributed by atoms with E-state index in [1.807, 2.05) is 0 Å². The number of hydrogen-bond donors (Lipinski definition) is 1. The molecule has 3 nitrogen and oxygen atoms in total. The fourth-order valence-electron chi connectivity index (χ4n) is 2.45. The molecule has 1 aromatic rings. The van der Waals surface area contributed by atoms with E-state index < -0.39 is 23.3 Å². The molecule has 6 heteroatoms. The molecule has 0 amide bonds. The first-order chi connectivity index (χ1) is 9.02. The Labute approximate surface area is 119 Å². The van der Waals surface area contributed by atoms with Crippen molar-refractivity contribution in [1.29, 1.82) is 0 Å². The van der Waals surface area contributed by atoms with Crippen LogP contribution in [-0.2, 0) is 9.47 Å². The third-order valence-corrected chi connectivity index (χ3v) is 4.32. The van der Waals surface area contributed by atoms with Crippen molar-refractivity contribution < 1.29 is 18.3 Å². The highest BCUT2D eigenvalue weighted by atomic mass is 79.9. The second kappa shape index (κ2) is 5.83. The summed E-state index contributed by atoms with van der Waals surface area (Å²) < 4.78 is 39.0. The summed E-state index contributed by atoms with van der Waals surface area (Å²) in [6.07, 6.45) is 1.02. The molecule has 106 valence electrons. The Morgan fingerprint density at radius 1 is 1.37 bits per heavy atom. The van der Waals surface area contributed by atoms with Crippen molar-refractivity contribution in [2.45, 2.75) is 24.5 Å². The van der Waals surface area contributed by atoms with Gasteiger partial charge in [-0.1, -0.05) is 0 Å². The van der Waals surface area contributed by atoms with E-state index in [0.29, 0.717) is 26.1 Å². The highest BCUT2D eigenvalue weighted by Gasteiger charge is 2.42. The highest BCUT2D eigenvalue weighted by molar-refractivity contribution is 9.10. The summed E-state index contributed by atoms with van der Waals surface area (Å²) in [6.45, 7) is 0.942. The first kappa shape index (κ1) is 14.8. The van der Waals surface area contributed by atoms with E-state index in [0.717, 1.165) is 0 Å². The first-order valence-corrected chi connectivity index (χ1v) is 6.83. The van der Waals surface area contributed by atoms with Gasteiger partial charge in [-0.2, -0.15) is 0 Å². The monoisotopic (exact) mass is 335 g/mol. The van der Waals surface area contributed by atoms with Crippen molar-refractivity contribution in [3.05, 3.63) is 33.8 Å². The van der Waals surface area contributed by atoms with Gasteiger partial charge in [-0.15, -0.1) is 0 Å². The number of methoxy groups -OCH3 is 1. The van der Waals surface area contributed by atoms with Gasteiger partial charge in [-0.3, -0.25) is 0 Å². The second-order valence-corrected chi connectivity index (χ2v) is 5.47. The maximum absolute atomic E-state index is 14.1. The Morgan fingerprint density at radius 3 is 2.58 bits per heavy atom. The number of nitrogens with two attached hydrogens (primary N) is 1. The van der Waals surface area contributed by atoms with Crippen LogP contribution >= 0.6 is 15.9 Å². The van der Waals surface area contributed by atoms with Crippen LogP contribution in [0.3, 0.4) is 0 Å². The molecule has 0 radical (unpaired) electrons. The normalized spacial score (nSPS) is 20.3. The summed E-state index contributed by atoms with van der Waals surface area (Å²) in [5.74, 6) is -1.33. The van der Waals surface area contributed by atoms with E-state index in [1.165, 1.54) is 19.2 Å². The molecule has 0 saturated carbocycles. The Bertz CT molecular complexity index is 464. The fraction of sp³-hybridized carbons (Fsp3) is 0.538. The van der Waals surface area contributed by atoms with Crippen LogP contribution in [0.15, 0.2) is 16.6 Å². The van der Waals surface area contributed by atoms with Gasteiger partial charge in [0.05, 0.1) is 16.1 Å². The number of hydrogen-bond acceptors (Lipinski definition) is 3. The average Bonchev–Trinajstić information content (AvgIpc) is 2.44. The summed E-state index contributed by atoms with van der Waals surface area (Å²) in [4.78, 5) is 0. The topological polar surface area (TPSA) is 44.5 Å². The molecule has 1 aliphatic heterocycles. The van der Waals surface area contributed by atoms with Gasteiger partial charge < -0.3 is 15.2 Å². The summed E-state index contributed by atoms with van der Waals surface area (Å²) in [5.41, 5.74) is 5.17. The minimum atomic E-state index is -0.876. The Hall–Kier alpha value is -0.560. The molecule has 0 spiro atoms. The maximum atomic E-state index is 14.1. The van der Waals surface area contributed by atoms with Gasteiger partial charge >= 0.3 is 0 Å². The van der Waals surface area contributed by atoms with Crippen LogP contribution in [0.2, 0.25) is 0 Å². The van der Waals surface area contributed by atoms with Gasteiger partial charge in [0.2, 0.25) is 0 Å². The number of benzene rings is 1. The van der Waals surface area contributed by atoms with Gasteiger partial charge in [0.1, 0.15) is 11.6 Å². The van der Waals surface area contributed by atoms with Gasteiger partial charge in [0.15, 0.2) is 0 Å². The SMILES string of the molecule is COC1(C(N)c2c(F)ccc(Br)c2F)CCOCC1. The maximum Gasteiger partial charge on any atom is 0.145 e. The lowest BCUT2D eigenvalue weighted by Crippen LogP contribution is -2.48. The lowest BCUT2D eigenvalue weighted by Gasteiger charge is -2.40. The molecule has 1 atom stereocenters. The predicted octanol–water partition coefficient (Wildman–Crippen LogP) is 2.92. The first-order valence-electron chi connectivity index (χ1n) is 6.04. The molecular weight excluding hydrogens is 320 g/mol. The third-order valence-electron chi connectivity index (χ3n) is 3.70. The molecule has 0 aromatic heterocycles. The number of rotatable bonds is 3. The van der Waals surface area contributed by atoms with Crippen LogP contribution in [-0.4, -0.2) is 25.9 Å². The Morgan fingerprint density at radius 2 is 2.00 bits per heavy atom. The van der Waals surface area contributed by atoms with Crippen LogP contribution in [0.1, 0.15) is 24.4 Å². The van der Waals surface area contributed by atoms with Crippen molar-refractivity contribution in [2.24, 2.45) is 5.73 Å². The minimum Gasteiger partial charge on any atom is -0.381 e. The molecule has 1 aromatic carbocycles. The van der Waals surface area contributed by atoms with Crippen LogP contribution in [0, 0.1) is 11.6 Å². The largest absolute Gasteiger partial charge is 0.381 e. The molecule has 1 saturated heterocycles. The second-order valence-electron chi connectivity index (χ2n) is 4.62. The van der Waals surface area contributed by atoms with Gasteiger partial charge in [-0.25, -0.2) is 8.78 Å². The van der Waals surface area contributed by atoms with E-state index >= 15 is 0 Å². The summed E-state index contributed by atoms with van der Waals surface area (Å²) in [6, 6.07) is 1.65. The fourth-order valence-corrected chi connectivity index (χ4v) is 2.80. The van der Waals surface area contributed by atoms with E-state index in [-0.39, 0.29) is 10.0 Å². The molecule has 1 aliphatic rings. The molecule has 1 fully saturated rings. The van der Waals surface area contributed by atoms with Gasteiger partial charge in [0.25, 0.3) is 0 Å². The minimum absolute atomic E-state index is 0.141. The van der Waals surface area contributed by atoms with Crippen molar-refractivity contribution in [2.75, 3.05) is 20.3 Å². The summed E-state index contributed by atoms with van der Waals surface area (Å²) in [7, 11) is 1.51. The summed E-state index contributed by atoms with van der Waals surface area (Å²) >= 11 is 3.05. The highest BCUT2D eigenvalue weighted by Crippen LogP contribution is 2.38. The van der Waals surface area contributed by atoms with Crippen LogP contribution in [0.4, 0.5) is 8.78 Å². The number of halogens is 3.